The number of likely N-dealkylation sites (N-methyl/N-ethyl adjacent to an activating group) is 1. The number of aromatic amines is 1. The first-order valence-electron chi connectivity index (χ1n) is 11.2. The number of hydrazone groups is 1. The number of rotatable bonds is 5. The molecule has 8 nitrogen and oxygen atoms in total. The highest BCUT2D eigenvalue weighted by atomic mass is 19.2. The first-order valence-corrected chi connectivity index (χ1v) is 11.2. The Labute approximate surface area is 200 Å². The third-order valence-electron chi connectivity index (χ3n) is 6.16. The van der Waals surface area contributed by atoms with Gasteiger partial charge in [0.05, 0.1) is 23.0 Å². The van der Waals surface area contributed by atoms with Crippen molar-refractivity contribution < 1.29 is 13.6 Å². The van der Waals surface area contributed by atoms with E-state index in [1.807, 2.05) is 19.0 Å². The number of carbonyl (C=O) groups excluding carboxylic acids is 1. The van der Waals surface area contributed by atoms with Crippen LogP contribution in [0.3, 0.4) is 0 Å². The maximum Gasteiger partial charge on any atom is 0.258 e. The molecule has 0 bridgehead atoms. The van der Waals surface area contributed by atoms with Gasteiger partial charge >= 0.3 is 0 Å². The van der Waals surface area contributed by atoms with Gasteiger partial charge in [-0.25, -0.2) is 8.78 Å². The van der Waals surface area contributed by atoms with Crippen LogP contribution in [-0.2, 0) is 0 Å². The van der Waals surface area contributed by atoms with Crippen molar-refractivity contribution in [2.45, 2.75) is 18.9 Å². The second-order valence-corrected chi connectivity index (χ2v) is 8.70. The van der Waals surface area contributed by atoms with E-state index in [4.69, 9.17) is 5.84 Å². The number of piperidine rings is 1. The largest absolute Gasteiger partial charge is 0.337 e. The molecule has 1 atom stereocenters. The first kappa shape index (κ1) is 24.2. The minimum Gasteiger partial charge on any atom is -0.337 e. The fraction of sp³-hybridized carbons (Fsp3) is 0.280. The average Bonchev–Trinajstić information content (AvgIpc) is 2.85. The molecule has 3 N–H and O–H groups in total. The van der Waals surface area contributed by atoms with Gasteiger partial charge in [-0.15, -0.1) is 0 Å². The van der Waals surface area contributed by atoms with Crippen molar-refractivity contribution in [3.05, 3.63) is 75.6 Å². The maximum atomic E-state index is 13.6. The Hall–Kier alpha value is -3.92. The smallest absolute Gasteiger partial charge is 0.258 e. The van der Waals surface area contributed by atoms with Gasteiger partial charge in [0, 0.05) is 36.1 Å². The number of benzene rings is 2. The van der Waals surface area contributed by atoms with Crippen LogP contribution in [0.2, 0.25) is 0 Å². The lowest BCUT2D eigenvalue weighted by molar-refractivity contribution is 0.0635. The molecule has 2 heterocycles. The maximum absolute atomic E-state index is 13.6. The quantitative estimate of drug-likeness (QED) is 0.333. The van der Waals surface area contributed by atoms with Gasteiger partial charge < -0.3 is 20.6 Å². The van der Waals surface area contributed by atoms with Gasteiger partial charge in [0.15, 0.2) is 11.6 Å². The highest BCUT2D eigenvalue weighted by molar-refractivity contribution is 6.38. The first-order chi connectivity index (χ1) is 16.8. The summed E-state index contributed by atoms with van der Waals surface area (Å²) in [4.78, 5) is 36.2. The summed E-state index contributed by atoms with van der Waals surface area (Å²) in [5.74, 6) is 3.35. The number of hydrogen-bond donors (Lipinski definition) is 2. The lowest BCUT2D eigenvalue weighted by Gasteiger charge is -2.36. The van der Waals surface area contributed by atoms with Crippen LogP contribution in [0.4, 0.5) is 14.5 Å². The van der Waals surface area contributed by atoms with Crippen LogP contribution in [0.25, 0.3) is 10.9 Å². The monoisotopic (exact) mass is 480 g/mol. The number of nitrogens with zero attached hydrogens (tertiary/aromatic N) is 4. The highest BCUT2D eigenvalue weighted by Crippen LogP contribution is 2.20. The number of hydrogen-bond acceptors (Lipinski definition) is 6. The number of nitrogens with two attached hydrogens (primary N) is 1. The Morgan fingerprint density at radius 2 is 1.89 bits per heavy atom. The van der Waals surface area contributed by atoms with E-state index in [-0.39, 0.29) is 28.1 Å². The second-order valence-electron chi connectivity index (χ2n) is 8.70. The average molecular weight is 481 g/mol. The number of fused-ring (bicyclic) bond motifs is 1. The molecule has 10 heteroatoms. The zero-order chi connectivity index (χ0) is 25.1. The van der Waals surface area contributed by atoms with E-state index >= 15 is 0 Å². The molecule has 0 aliphatic carbocycles. The van der Waals surface area contributed by atoms with Crippen LogP contribution >= 0.6 is 0 Å². The molecule has 2 aromatic carbocycles. The summed E-state index contributed by atoms with van der Waals surface area (Å²) in [6, 6.07) is 10.4. The van der Waals surface area contributed by atoms with Gasteiger partial charge in [-0.3, -0.25) is 14.6 Å². The zero-order valence-corrected chi connectivity index (χ0v) is 19.5. The standard InChI is InChI=1S/C25H26F2N6O2/c1-32(2)18-4-3-9-33(14-18)25(35)15-5-7-17(8-6-15)29-13-23(31-28)19-10-16-11-20(26)21(27)12-22(16)30-24(19)34/h5-8,10-13,18H,3-4,9,14,28H2,1-2H3,(H,30,34)/t18-/m0/s1. The summed E-state index contributed by atoms with van der Waals surface area (Å²) < 4.78 is 27.1. The predicted octanol–water partition coefficient (Wildman–Crippen LogP) is 3.04. The minimum atomic E-state index is -1.06. The van der Waals surface area contributed by atoms with Gasteiger partial charge in [-0.05, 0) is 63.3 Å². The van der Waals surface area contributed by atoms with Gasteiger partial charge in [0.1, 0.15) is 5.71 Å². The van der Waals surface area contributed by atoms with Crippen LogP contribution < -0.4 is 11.4 Å². The van der Waals surface area contributed by atoms with Crippen molar-refractivity contribution in [3.63, 3.8) is 0 Å². The van der Waals surface area contributed by atoms with Crippen molar-refractivity contribution in [1.82, 2.24) is 14.8 Å². The summed E-state index contributed by atoms with van der Waals surface area (Å²) in [5.41, 5.74) is 0.784. The van der Waals surface area contributed by atoms with Gasteiger partial charge in [0.2, 0.25) is 0 Å². The Bertz CT molecular complexity index is 1360. The van der Waals surface area contributed by atoms with E-state index in [1.54, 1.807) is 24.3 Å². The molecule has 4 rings (SSSR count). The molecule has 3 aromatic rings. The minimum absolute atomic E-state index is 0.0253. The SMILES string of the molecule is CN(C)[C@H]1CCCN(C(=O)c2ccc(N=CC(=NN)c3cc4cc(F)c(F)cc4[nH]c3=O)cc2)C1. The molecule has 0 radical (unpaired) electrons. The number of amides is 1. The highest BCUT2D eigenvalue weighted by Gasteiger charge is 2.25. The Morgan fingerprint density at radius 3 is 2.57 bits per heavy atom. The van der Waals surface area contributed by atoms with Gasteiger partial charge in [0.25, 0.3) is 11.5 Å². The fourth-order valence-corrected chi connectivity index (χ4v) is 4.13. The Kier molecular flexibility index (Phi) is 7.02. The van der Waals surface area contributed by atoms with Crippen LogP contribution in [0.15, 0.2) is 57.4 Å². The van der Waals surface area contributed by atoms with E-state index in [0.717, 1.165) is 31.5 Å². The van der Waals surface area contributed by atoms with E-state index in [9.17, 15) is 18.4 Å². The number of H-pyrrole nitrogens is 1. The van der Waals surface area contributed by atoms with Crippen LogP contribution in [0.5, 0.6) is 0 Å². The van der Waals surface area contributed by atoms with Crippen LogP contribution in [-0.4, -0.2) is 65.8 Å². The molecular formula is C25H26F2N6O2. The normalized spacial score (nSPS) is 17.0. The molecule has 1 fully saturated rings. The number of aromatic nitrogens is 1. The van der Waals surface area contributed by atoms with Gasteiger partial charge in [-0.1, -0.05) is 0 Å². The third kappa shape index (κ3) is 5.27. The molecule has 0 saturated carbocycles. The number of nitrogens with one attached hydrogen (secondary N) is 1. The molecule has 1 amide bonds. The summed E-state index contributed by atoms with van der Waals surface area (Å²) in [7, 11) is 4.04. The number of halogens is 2. The number of carbonyl (C=O) groups is 1. The van der Waals surface area contributed by atoms with Crippen molar-refractivity contribution >= 4 is 34.4 Å². The molecule has 1 saturated heterocycles. The number of pyridine rings is 1. The fourth-order valence-electron chi connectivity index (χ4n) is 4.13. The molecule has 0 unspecified atom stereocenters. The molecule has 1 aromatic heterocycles. The lowest BCUT2D eigenvalue weighted by atomic mass is 10.0. The predicted molar refractivity (Wildman–Crippen MR) is 132 cm³/mol. The van der Waals surface area contributed by atoms with Crippen molar-refractivity contribution in [2.24, 2.45) is 15.9 Å². The summed E-state index contributed by atoms with van der Waals surface area (Å²) in [6.07, 6.45) is 3.34. The molecule has 182 valence electrons. The molecule has 35 heavy (non-hydrogen) atoms. The molecule has 0 spiro atoms. The Morgan fingerprint density at radius 1 is 1.17 bits per heavy atom. The number of aliphatic imine (C=N–C) groups is 1. The number of likely N-dealkylation sites (tertiary alicyclic amines) is 1. The van der Waals surface area contributed by atoms with E-state index in [1.165, 1.54) is 12.3 Å². The van der Waals surface area contributed by atoms with E-state index < -0.39 is 17.2 Å². The summed E-state index contributed by atoms with van der Waals surface area (Å²) in [6.45, 7) is 1.43. The Balaban J connectivity index is 1.51. The third-order valence-corrected chi connectivity index (χ3v) is 6.16. The second kappa shape index (κ2) is 10.1. The van der Waals surface area contributed by atoms with E-state index in [0.29, 0.717) is 23.8 Å². The van der Waals surface area contributed by atoms with Crippen LogP contribution in [0, 0.1) is 11.6 Å². The topological polar surface area (TPSA) is 107 Å². The van der Waals surface area contributed by atoms with Crippen molar-refractivity contribution in [2.75, 3.05) is 27.2 Å². The van der Waals surface area contributed by atoms with Crippen molar-refractivity contribution in [3.8, 4) is 0 Å². The molecular weight excluding hydrogens is 454 g/mol. The van der Waals surface area contributed by atoms with Crippen molar-refractivity contribution in [1.29, 1.82) is 0 Å². The summed E-state index contributed by atoms with van der Waals surface area (Å²) >= 11 is 0. The zero-order valence-electron chi connectivity index (χ0n) is 19.5. The van der Waals surface area contributed by atoms with Gasteiger partial charge in [-0.2, -0.15) is 5.10 Å². The summed E-state index contributed by atoms with van der Waals surface area (Å²) in [5, 5.41) is 3.91. The van der Waals surface area contributed by atoms with Crippen LogP contribution in [0.1, 0.15) is 28.8 Å². The van der Waals surface area contributed by atoms with E-state index in [2.05, 4.69) is 20.0 Å². The lowest BCUT2D eigenvalue weighted by Crippen LogP contribution is -2.47. The molecule has 1 aliphatic rings. The molecule has 1 aliphatic heterocycles.